The van der Waals surface area contributed by atoms with Crippen molar-refractivity contribution in [2.45, 2.75) is 57.5 Å². The Hall–Kier alpha value is -1.26. The molecule has 24 heavy (non-hydrogen) atoms. The lowest BCUT2D eigenvalue weighted by Gasteiger charge is -2.43. The number of rotatable bonds is 5. The van der Waals surface area contributed by atoms with Crippen molar-refractivity contribution in [2.24, 2.45) is 0 Å². The van der Waals surface area contributed by atoms with Crippen molar-refractivity contribution in [3.05, 3.63) is 0 Å². The molecule has 0 aromatic carbocycles. The molecule has 5 unspecified atom stereocenters. The van der Waals surface area contributed by atoms with E-state index in [9.17, 15) is 19.2 Å². The predicted molar refractivity (Wildman–Crippen MR) is 87.4 cm³/mol. The van der Waals surface area contributed by atoms with Gasteiger partial charge < -0.3 is 18.9 Å². The number of hydrogen-bond acceptors (Lipinski definition) is 10. The van der Waals surface area contributed by atoms with E-state index in [4.69, 9.17) is 18.9 Å². The monoisotopic (exact) mass is 380 g/mol. The lowest BCUT2D eigenvalue weighted by Crippen LogP contribution is -2.60. The van der Waals surface area contributed by atoms with Crippen molar-refractivity contribution in [1.82, 2.24) is 0 Å². The van der Waals surface area contributed by atoms with Crippen LogP contribution in [0.5, 0.6) is 0 Å². The van der Waals surface area contributed by atoms with E-state index in [2.05, 4.69) is 12.6 Å². The highest BCUT2D eigenvalue weighted by Gasteiger charge is 2.50. The maximum absolute atomic E-state index is 11.4. The summed E-state index contributed by atoms with van der Waals surface area (Å²) in [5.41, 5.74) is -0.914. The SMILES string of the molecule is CC(=O)OC1C(S)OC(CSC(C)=O)C(OC(C)=O)C1OC(C)=O. The molecule has 0 saturated carbocycles. The van der Waals surface area contributed by atoms with Crippen LogP contribution >= 0.6 is 24.4 Å². The van der Waals surface area contributed by atoms with Gasteiger partial charge in [-0.15, -0.1) is 12.6 Å². The van der Waals surface area contributed by atoms with Crippen molar-refractivity contribution in [1.29, 1.82) is 0 Å². The van der Waals surface area contributed by atoms with Gasteiger partial charge in [-0.25, -0.2) is 0 Å². The maximum Gasteiger partial charge on any atom is 0.303 e. The molecule has 0 aromatic heterocycles. The van der Waals surface area contributed by atoms with Crippen LogP contribution in [0, 0.1) is 0 Å². The molecule has 0 radical (unpaired) electrons. The summed E-state index contributed by atoms with van der Waals surface area (Å²) in [4.78, 5) is 45.3. The van der Waals surface area contributed by atoms with Crippen molar-refractivity contribution in [2.75, 3.05) is 5.75 Å². The molecule has 1 saturated heterocycles. The maximum atomic E-state index is 11.4. The van der Waals surface area contributed by atoms with Gasteiger partial charge in [0.05, 0.1) is 0 Å². The van der Waals surface area contributed by atoms with Crippen LogP contribution in [0.3, 0.4) is 0 Å². The molecule has 1 heterocycles. The molecule has 8 nitrogen and oxygen atoms in total. The van der Waals surface area contributed by atoms with Gasteiger partial charge in [-0.3, -0.25) is 19.2 Å². The second kappa shape index (κ2) is 9.28. The summed E-state index contributed by atoms with van der Waals surface area (Å²) in [5.74, 6) is -1.74. The summed E-state index contributed by atoms with van der Waals surface area (Å²) in [6.07, 6.45) is -3.95. The van der Waals surface area contributed by atoms with E-state index < -0.39 is 47.8 Å². The highest BCUT2D eigenvalue weighted by atomic mass is 32.2. The van der Waals surface area contributed by atoms with Gasteiger partial charge in [0.1, 0.15) is 11.5 Å². The molecule has 0 amide bonds. The minimum Gasteiger partial charge on any atom is -0.456 e. The average molecular weight is 380 g/mol. The molecular formula is C14H20O8S2. The summed E-state index contributed by atoms with van der Waals surface area (Å²) in [7, 11) is 0. The number of esters is 3. The zero-order valence-corrected chi connectivity index (χ0v) is 15.4. The van der Waals surface area contributed by atoms with E-state index in [1.165, 1.54) is 27.7 Å². The van der Waals surface area contributed by atoms with Gasteiger partial charge in [0.25, 0.3) is 0 Å². The molecule has 136 valence electrons. The first-order valence-corrected chi connectivity index (χ1v) is 8.60. The Kier molecular flexibility index (Phi) is 8.04. The molecule has 1 rings (SSSR count). The molecule has 1 aliphatic heterocycles. The molecule has 0 spiro atoms. The van der Waals surface area contributed by atoms with Gasteiger partial charge in [0.15, 0.2) is 23.4 Å². The largest absolute Gasteiger partial charge is 0.456 e. The quantitative estimate of drug-likeness (QED) is 0.419. The predicted octanol–water partition coefficient (Wildman–Crippen LogP) is 0.716. The van der Waals surface area contributed by atoms with E-state index in [0.29, 0.717) is 0 Å². The van der Waals surface area contributed by atoms with Gasteiger partial charge in [0, 0.05) is 33.4 Å². The van der Waals surface area contributed by atoms with E-state index in [1.54, 1.807) is 0 Å². The van der Waals surface area contributed by atoms with Gasteiger partial charge >= 0.3 is 17.9 Å². The van der Waals surface area contributed by atoms with Crippen LogP contribution in [0.15, 0.2) is 0 Å². The molecule has 5 atom stereocenters. The number of hydrogen-bond donors (Lipinski definition) is 1. The van der Waals surface area contributed by atoms with Crippen LogP contribution in [0.4, 0.5) is 0 Å². The van der Waals surface area contributed by atoms with Crippen molar-refractivity contribution >= 4 is 47.4 Å². The smallest absolute Gasteiger partial charge is 0.303 e. The van der Waals surface area contributed by atoms with Gasteiger partial charge in [0.2, 0.25) is 0 Å². The zero-order chi connectivity index (χ0) is 18.4. The third kappa shape index (κ3) is 6.33. The first-order chi connectivity index (χ1) is 11.1. The molecule has 10 heteroatoms. The molecule has 0 aliphatic carbocycles. The summed E-state index contributed by atoms with van der Waals surface area (Å²) in [5, 5.41) is -0.151. The highest BCUT2D eigenvalue weighted by molar-refractivity contribution is 8.13. The van der Waals surface area contributed by atoms with Crippen molar-refractivity contribution < 1.29 is 38.1 Å². The molecule has 0 aromatic rings. The lowest BCUT2D eigenvalue weighted by atomic mass is 10.00. The van der Waals surface area contributed by atoms with E-state index >= 15 is 0 Å². The third-order valence-corrected chi connectivity index (χ3v) is 4.28. The number of ether oxygens (including phenoxy) is 4. The Morgan fingerprint density at radius 1 is 0.875 bits per heavy atom. The fourth-order valence-corrected chi connectivity index (χ4v) is 3.26. The second-order valence-corrected chi connectivity index (χ2v) is 6.80. The van der Waals surface area contributed by atoms with Gasteiger partial charge in [-0.1, -0.05) is 11.8 Å². The normalized spacial score (nSPS) is 29.5. The minimum atomic E-state index is -1.09. The zero-order valence-electron chi connectivity index (χ0n) is 13.7. The molecule has 0 bridgehead atoms. The summed E-state index contributed by atoms with van der Waals surface area (Å²) >= 11 is 5.19. The molecular weight excluding hydrogens is 360 g/mol. The Morgan fingerprint density at radius 2 is 1.33 bits per heavy atom. The highest BCUT2D eigenvalue weighted by Crippen LogP contribution is 2.31. The first kappa shape index (κ1) is 20.8. The Bertz CT molecular complexity index is 509. The molecule has 1 fully saturated rings. The fourth-order valence-electron chi connectivity index (χ4n) is 2.21. The fraction of sp³-hybridized carbons (Fsp3) is 0.714. The molecule has 1 aliphatic rings. The van der Waals surface area contributed by atoms with Crippen LogP contribution in [0.2, 0.25) is 0 Å². The van der Waals surface area contributed by atoms with Crippen LogP contribution in [-0.2, 0) is 38.1 Å². The second-order valence-electron chi connectivity index (χ2n) is 5.09. The number of thiol groups is 1. The topological polar surface area (TPSA) is 105 Å². The number of carbonyl (C=O) groups excluding carboxylic acids is 4. The Morgan fingerprint density at radius 3 is 1.79 bits per heavy atom. The minimum absolute atomic E-state index is 0.151. The van der Waals surface area contributed by atoms with Crippen LogP contribution < -0.4 is 0 Å². The van der Waals surface area contributed by atoms with Crippen LogP contribution in [-0.4, -0.2) is 58.6 Å². The van der Waals surface area contributed by atoms with Crippen LogP contribution in [0.25, 0.3) is 0 Å². The van der Waals surface area contributed by atoms with Crippen LogP contribution in [0.1, 0.15) is 27.7 Å². The average Bonchev–Trinajstić information content (AvgIpc) is 2.42. The number of thioether (sulfide) groups is 1. The van der Waals surface area contributed by atoms with E-state index in [0.717, 1.165) is 11.8 Å². The van der Waals surface area contributed by atoms with Gasteiger partial charge in [-0.2, -0.15) is 0 Å². The van der Waals surface area contributed by atoms with E-state index in [-0.39, 0.29) is 10.9 Å². The molecule has 0 N–H and O–H groups in total. The summed E-state index contributed by atoms with van der Waals surface area (Å²) in [6, 6.07) is 0. The Labute approximate surface area is 149 Å². The third-order valence-electron chi connectivity index (χ3n) is 2.97. The van der Waals surface area contributed by atoms with Crippen molar-refractivity contribution in [3.63, 3.8) is 0 Å². The number of carbonyl (C=O) groups is 4. The van der Waals surface area contributed by atoms with Crippen molar-refractivity contribution in [3.8, 4) is 0 Å². The standard InChI is InChI=1S/C14H20O8S2/c1-6(15)19-11-10(5-24-9(4)18)22-14(23)13(21-8(3)17)12(11)20-7(2)16/h10-14,23H,5H2,1-4H3. The summed E-state index contributed by atoms with van der Waals surface area (Å²) in [6.45, 7) is 4.94. The summed E-state index contributed by atoms with van der Waals surface area (Å²) < 4.78 is 21.2. The van der Waals surface area contributed by atoms with E-state index in [1.807, 2.05) is 0 Å². The van der Waals surface area contributed by atoms with Gasteiger partial charge in [-0.05, 0) is 0 Å². The Balaban J connectivity index is 3.11. The first-order valence-electron chi connectivity index (χ1n) is 7.10. The lowest BCUT2D eigenvalue weighted by molar-refractivity contribution is -0.227.